The molecule has 0 unspecified atom stereocenters. The standard InChI is InChI=1S/C8H6N2OS/c9-10-6-8(11)12-7-4-2-1-3-5-7/h1-6H. The Bertz CT molecular complexity index is 317. The molecule has 0 saturated heterocycles. The third-order valence-electron chi connectivity index (χ3n) is 1.12. The Morgan fingerprint density at radius 1 is 1.42 bits per heavy atom. The van der Waals surface area contributed by atoms with Crippen LogP contribution in [0.2, 0.25) is 0 Å². The number of benzene rings is 1. The molecule has 0 saturated carbocycles. The molecule has 1 aromatic rings. The summed E-state index contributed by atoms with van der Waals surface area (Å²) in [6.07, 6.45) is 0.873. The molecular weight excluding hydrogens is 172 g/mol. The summed E-state index contributed by atoms with van der Waals surface area (Å²) in [5.41, 5.74) is 8.05. The maximum atomic E-state index is 10.9. The van der Waals surface area contributed by atoms with Crippen LogP contribution in [0, 0.1) is 0 Å². The fourth-order valence-electron chi connectivity index (χ4n) is 0.678. The van der Waals surface area contributed by atoms with E-state index in [2.05, 4.69) is 4.79 Å². The van der Waals surface area contributed by atoms with Gasteiger partial charge in [0.05, 0.1) is 0 Å². The van der Waals surface area contributed by atoms with Crippen LogP contribution in [0.4, 0.5) is 0 Å². The predicted molar refractivity (Wildman–Crippen MR) is 47.0 cm³/mol. The van der Waals surface area contributed by atoms with Gasteiger partial charge in [-0.25, -0.2) is 0 Å². The lowest BCUT2D eigenvalue weighted by atomic mass is 10.4. The molecule has 12 heavy (non-hydrogen) atoms. The minimum Gasteiger partial charge on any atom is -0.361 e. The molecule has 1 rings (SSSR count). The number of hydrogen-bond acceptors (Lipinski definition) is 2. The molecule has 0 radical (unpaired) electrons. The van der Waals surface area contributed by atoms with Gasteiger partial charge >= 0.3 is 6.21 Å². The number of hydrogen-bond donors (Lipinski definition) is 0. The fourth-order valence-corrected chi connectivity index (χ4v) is 1.30. The van der Waals surface area contributed by atoms with Crippen LogP contribution in [0.1, 0.15) is 0 Å². The Morgan fingerprint density at radius 2 is 2.08 bits per heavy atom. The molecule has 0 spiro atoms. The number of rotatable bonds is 2. The summed E-state index contributed by atoms with van der Waals surface area (Å²) >= 11 is 1.02. The van der Waals surface area contributed by atoms with Gasteiger partial charge in [0, 0.05) is 4.90 Å². The largest absolute Gasteiger partial charge is 0.361 e. The lowest BCUT2D eigenvalue weighted by molar-refractivity contribution is -0.108. The molecule has 0 bridgehead atoms. The van der Waals surface area contributed by atoms with E-state index in [1.54, 1.807) is 0 Å². The van der Waals surface area contributed by atoms with E-state index in [9.17, 15) is 4.79 Å². The Kier molecular flexibility index (Phi) is 3.26. The molecule has 0 aliphatic rings. The molecule has 1 aromatic carbocycles. The van der Waals surface area contributed by atoms with E-state index in [-0.39, 0.29) is 5.12 Å². The molecule has 4 heteroatoms. The zero-order valence-electron chi connectivity index (χ0n) is 6.18. The highest BCUT2D eigenvalue weighted by Gasteiger charge is 2.03. The van der Waals surface area contributed by atoms with Gasteiger partial charge in [-0.2, -0.15) is 4.79 Å². The number of thioether (sulfide) groups is 1. The molecular formula is C8H6N2OS. The van der Waals surface area contributed by atoms with Crippen molar-refractivity contribution < 1.29 is 9.58 Å². The third kappa shape index (κ3) is 2.70. The summed E-state index contributed by atoms with van der Waals surface area (Å²) < 4.78 is 0. The molecule has 3 nitrogen and oxygen atoms in total. The van der Waals surface area contributed by atoms with Gasteiger partial charge < -0.3 is 5.53 Å². The van der Waals surface area contributed by atoms with Crippen LogP contribution in [0.3, 0.4) is 0 Å². The minimum absolute atomic E-state index is 0.288. The highest BCUT2D eigenvalue weighted by atomic mass is 32.2. The van der Waals surface area contributed by atoms with Crippen LogP contribution in [-0.2, 0) is 4.79 Å². The predicted octanol–water partition coefficient (Wildman–Crippen LogP) is 1.61. The van der Waals surface area contributed by atoms with E-state index in [0.717, 1.165) is 22.9 Å². The van der Waals surface area contributed by atoms with Gasteiger partial charge in [-0.05, 0) is 23.9 Å². The summed E-state index contributed by atoms with van der Waals surface area (Å²) in [6.45, 7) is 0. The SMILES string of the molecule is [N-]=[N+]=CC(=O)Sc1ccccc1. The molecule has 60 valence electrons. The first-order chi connectivity index (χ1) is 5.83. The minimum atomic E-state index is -0.288. The van der Waals surface area contributed by atoms with Gasteiger partial charge in [0.15, 0.2) is 0 Å². The van der Waals surface area contributed by atoms with E-state index in [1.165, 1.54) is 0 Å². The van der Waals surface area contributed by atoms with Gasteiger partial charge in [-0.1, -0.05) is 18.2 Å². The average Bonchev–Trinajstić information content (AvgIpc) is 2.06. The topological polar surface area (TPSA) is 53.5 Å². The van der Waals surface area contributed by atoms with Gasteiger partial charge in [0.25, 0.3) is 5.12 Å². The van der Waals surface area contributed by atoms with Crippen LogP contribution in [0.25, 0.3) is 5.53 Å². The van der Waals surface area contributed by atoms with E-state index >= 15 is 0 Å². The van der Waals surface area contributed by atoms with Gasteiger partial charge in [0.1, 0.15) is 0 Å². The number of carbonyl (C=O) groups is 1. The van der Waals surface area contributed by atoms with Crippen LogP contribution in [0.5, 0.6) is 0 Å². The van der Waals surface area contributed by atoms with E-state index in [1.807, 2.05) is 30.3 Å². The smallest absolute Gasteiger partial charge is 0.334 e. The maximum Gasteiger partial charge on any atom is 0.334 e. The summed E-state index contributed by atoms with van der Waals surface area (Å²) in [7, 11) is 0. The highest BCUT2D eigenvalue weighted by Crippen LogP contribution is 2.16. The van der Waals surface area contributed by atoms with Crippen molar-refractivity contribution in [2.75, 3.05) is 0 Å². The molecule has 0 aliphatic heterocycles. The second-order valence-electron chi connectivity index (χ2n) is 1.98. The Labute approximate surface area is 74.0 Å². The molecule has 0 aromatic heterocycles. The fraction of sp³-hybridized carbons (Fsp3) is 0. The monoisotopic (exact) mass is 178 g/mol. The Balaban J connectivity index is 2.64. The molecule has 0 amide bonds. The summed E-state index contributed by atoms with van der Waals surface area (Å²) in [4.78, 5) is 14.3. The van der Waals surface area contributed by atoms with E-state index in [0.29, 0.717) is 0 Å². The van der Waals surface area contributed by atoms with E-state index < -0.39 is 0 Å². The van der Waals surface area contributed by atoms with Crippen LogP contribution in [0.15, 0.2) is 35.2 Å². The first kappa shape index (κ1) is 8.71. The molecule has 0 aliphatic carbocycles. The lowest BCUT2D eigenvalue weighted by Gasteiger charge is -1.91. The second kappa shape index (κ2) is 4.49. The molecule has 0 N–H and O–H groups in total. The molecule has 0 atom stereocenters. The Morgan fingerprint density at radius 3 is 2.67 bits per heavy atom. The first-order valence-electron chi connectivity index (χ1n) is 3.27. The van der Waals surface area contributed by atoms with Crippen molar-refractivity contribution in [1.82, 2.24) is 0 Å². The first-order valence-corrected chi connectivity index (χ1v) is 4.09. The van der Waals surface area contributed by atoms with Gasteiger partial charge in [-0.15, -0.1) is 0 Å². The van der Waals surface area contributed by atoms with Crippen LogP contribution in [-0.4, -0.2) is 16.1 Å². The summed E-state index contributed by atoms with van der Waals surface area (Å²) in [5, 5.41) is -0.288. The van der Waals surface area contributed by atoms with E-state index in [4.69, 9.17) is 5.53 Å². The molecule has 0 fully saturated rings. The lowest BCUT2D eigenvalue weighted by Crippen LogP contribution is -1.91. The summed E-state index contributed by atoms with van der Waals surface area (Å²) in [5.74, 6) is 0. The van der Waals surface area contributed by atoms with Gasteiger partial charge in [0.2, 0.25) is 0 Å². The third-order valence-corrected chi connectivity index (χ3v) is 1.94. The quantitative estimate of drug-likeness (QED) is 0.299. The van der Waals surface area contributed by atoms with Crippen molar-refractivity contribution in [2.45, 2.75) is 4.90 Å². The van der Waals surface area contributed by atoms with Crippen molar-refractivity contribution in [3.05, 3.63) is 35.9 Å². The average molecular weight is 178 g/mol. The van der Waals surface area contributed by atoms with Crippen molar-refractivity contribution >= 4 is 23.1 Å². The van der Waals surface area contributed by atoms with Crippen LogP contribution < -0.4 is 0 Å². The zero-order chi connectivity index (χ0) is 8.81. The Hall–Kier alpha value is -1.38. The summed E-state index contributed by atoms with van der Waals surface area (Å²) in [6, 6.07) is 9.17. The number of carbonyl (C=O) groups excluding carboxylic acids is 1. The van der Waals surface area contributed by atoms with Crippen molar-refractivity contribution in [1.29, 1.82) is 0 Å². The van der Waals surface area contributed by atoms with Crippen molar-refractivity contribution in [3.63, 3.8) is 0 Å². The van der Waals surface area contributed by atoms with Crippen molar-refractivity contribution in [2.24, 2.45) is 0 Å². The van der Waals surface area contributed by atoms with Crippen molar-refractivity contribution in [3.8, 4) is 0 Å². The second-order valence-corrected chi connectivity index (χ2v) is 3.06. The normalized spacial score (nSPS) is 8.67. The maximum absolute atomic E-state index is 10.9. The highest BCUT2D eigenvalue weighted by molar-refractivity contribution is 8.15. The van der Waals surface area contributed by atoms with Crippen LogP contribution >= 0.6 is 11.8 Å². The zero-order valence-corrected chi connectivity index (χ0v) is 6.99. The van der Waals surface area contributed by atoms with Gasteiger partial charge in [-0.3, -0.25) is 4.79 Å². The number of nitrogens with zero attached hydrogens (tertiary/aromatic N) is 2. The molecule has 0 heterocycles.